The maximum Gasteiger partial charge on any atom is 0.255 e. The summed E-state index contributed by atoms with van der Waals surface area (Å²) in [6.45, 7) is 1.84. The summed E-state index contributed by atoms with van der Waals surface area (Å²) in [5.41, 5.74) is 3.41. The van der Waals surface area contributed by atoms with Crippen molar-refractivity contribution in [3.8, 4) is 17.1 Å². The number of hydrogen-bond acceptors (Lipinski definition) is 5. The fraction of sp³-hybridized carbons (Fsp3) is 0.115. The first-order valence-corrected chi connectivity index (χ1v) is 11.6. The summed E-state index contributed by atoms with van der Waals surface area (Å²) in [6.07, 6.45) is 0. The third-order valence-corrected chi connectivity index (χ3v) is 6.48. The lowest BCUT2D eigenvalue weighted by molar-refractivity contribution is -0.113. The Morgan fingerprint density at radius 3 is 2.46 bits per heavy atom. The van der Waals surface area contributed by atoms with E-state index in [-0.39, 0.29) is 5.91 Å². The first-order valence-electron chi connectivity index (χ1n) is 10.8. The largest absolute Gasteiger partial charge is 0.497 e. The predicted molar refractivity (Wildman–Crippen MR) is 138 cm³/mol. The van der Waals surface area contributed by atoms with E-state index in [0.29, 0.717) is 38.8 Å². The number of anilines is 2. The highest BCUT2D eigenvalue weighted by Gasteiger charge is 2.34. The lowest BCUT2D eigenvalue weighted by Crippen LogP contribution is -2.31. The van der Waals surface area contributed by atoms with Gasteiger partial charge in [0.15, 0.2) is 5.82 Å². The quantitative estimate of drug-likeness (QED) is 0.338. The number of hydrogen-bond donors (Lipinski definition) is 2. The predicted octanol–water partition coefficient (Wildman–Crippen LogP) is 6.19. The zero-order valence-electron chi connectivity index (χ0n) is 18.9. The van der Waals surface area contributed by atoms with E-state index in [1.807, 2.05) is 67.6 Å². The van der Waals surface area contributed by atoms with Crippen molar-refractivity contribution in [2.45, 2.75) is 13.0 Å². The molecular formula is C26H21Cl2N5O2. The van der Waals surface area contributed by atoms with E-state index < -0.39 is 6.04 Å². The summed E-state index contributed by atoms with van der Waals surface area (Å²) in [5.74, 6) is 1.50. The van der Waals surface area contributed by atoms with Gasteiger partial charge in [-0.15, -0.1) is 5.10 Å². The van der Waals surface area contributed by atoms with Crippen molar-refractivity contribution < 1.29 is 9.53 Å². The molecule has 35 heavy (non-hydrogen) atoms. The SMILES string of the molecule is COc1ccc(-c2nc3n(n2)C(c2ccc(Cl)c(Cl)c2)C(C(=O)Nc2ccccc2)=C(C)N3)cc1. The number of amides is 1. The van der Waals surface area contributed by atoms with Crippen LogP contribution in [0, 0.1) is 0 Å². The van der Waals surface area contributed by atoms with E-state index in [1.165, 1.54) is 0 Å². The summed E-state index contributed by atoms with van der Waals surface area (Å²) in [6, 6.07) is 21.5. The molecule has 1 aliphatic heterocycles. The first kappa shape index (κ1) is 23.0. The molecule has 3 aromatic carbocycles. The molecule has 2 heterocycles. The van der Waals surface area contributed by atoms with E-state index in [2.05, 4.69) is 10.6 Å². The van der Waals surface area contributed by atoms with Crippen LogP contribution in [0.1, 0.15) is 18.5 Å². The number of aromatic nitrogens is 3. The molecule has 1 amide bonds. The van der Waals surface area contributed by atoms with Crippen LogP contribution in [-0.4, -0.2) is 27.8 Å². The molecule has 176 valence electrons. The van der Waals surface area contributed by atoms with Gasteiger partial charge < -0.3 is 15.4 Å². The maximum atomic E-state index is 13.5. The van der Waals surface area contributed by atoms with E-state index in [9.17, 15) is 4.79 Å². The van der Waals surface area contributed by atoms with Gasteiger partial charge in [0.2, 0.25) is 5.95 Å². The molecule has 5 rings (SSSR count). The molecule has 1 aliphatic rings. The zero-order chi connectivity index (χ0) is 24.5. The van der Waals surface area contributed by atoms with Crippen LogP contribution in [0.5, 0.6) is 5.75 Å². The number of nitrogens with zero attached hydrogens (tertiary/aromatic N) is 3. The van der Waals surface area contributed by atoms with Crippen molar-refractivity contribution in [2.75, 3.05) is 17.7 Å². The van der Waals surface area contributed by atoms with Gasteiger partial charge in [0.05, 0.1) is 22.7 Å². The Balaban J connectivity index is 1.60. The molecule has 1 aromatic heterocycles. The normalized spacial score (nSPS) is 14.8. The molecule has 2 N–H and O–H groups in total. The van der Waals surface area contributed by atoms with Crippen molar-refractivity contribution in [2.24, 2.45) is 0 Å². The summed E-state index contributed by atoms with van der Waals surface area (Å²) in [4.78, 5) is 18.2. The number of methoxy groups -OCH3 is 1. The first-order chi connectivity index (χ1) is 16.9. The Labute approximate surface area is 212 Å². The molecule has 4 aromatic rings. The van der Waals surface area contributed by atoms with Crippen LogP contribution in [0.15, 0.2) is 84.1 Å². The molecular weight excluding hydrogens is 485 g/mol. The maximum absolute atomic E-state index is 13.5. The number of carbonyl (C=O) groups is 1. The van der Waals surface area contributed by atoms with E-state index in [0.717, 1.165) is 16.9 Å². The van der Waals surface area contributed by atoms with E-state index in [1.54, 1.807) is 23.9 Å². The molecule has 0 saturated heterocycles. The molecule has 0 radical (unpaired) electrons. The van der Waals surface area contributed by atoms with Gasteiger partial charge in [-0.05, 0) is 61.0 Å². The second-order valence-electron chi connectivity index (χ2n) is 7.99. The van der Waals surface area contributed by atoms with Gasteiger partial charge in [-0.25, -0.2) is 4.68 Å². The Morgan fingerprint density at radius 1 is 1.03 bits per heavy atom. The van der Waals surface area contributed by atoms with Gasteiger partial charge >= 0.3 is 0 Å². The smallest absolute Gasteiger partial charge is 0.255 e. The van der Waals surface area contributed by atoms with Crippen LogP contribution in [0.4, 0.5) is 11.6 Å². The molecule has 9 heteroatoms. The van der Waals surface area contributed by atoms with Crippen molar-refractivity contribution in [1.82, 2.24) is 14.8 Å². The average Bonchev–Trinajstić information content (AvgIpc) is 3.29. The fourth-order valence-corrected chi connectivity index (χ4v) is 4.32. The molecule has 7 nitrogen and oxygen atoms in total. The standard InChI is InChI=1S/C26H21Cl2N5O2/c1-15-22(25(34)30-18-6-4-3-5-7-18)23(17-10-13-20(27)21(28)14-17)33-26(29-15)31-24(32-33)16-8-11-19(35-2)12-9-16/h3-14,23H,1-2H3,(H,30,34)(H,29,31,32). The lowest BCUT2D eigenvalue weighted by Gasteiger charge is -2.29. The summed E-state index contributed by atoms with van der Waals surface area (Å²) in [5, 5.41) is 11.8. The summed E-state index contributed by atoms with van der Waals surface area (Å²) in [7, 11) is 1.62. The van der Waals surface area contributed by atoms with Gasteiger partial charge in [0.1, 0.15) is 11.8 Å². The second kappa shape index (κ2) is 9.44. The van der Waals surface area contributed by atoms with Crippen molar-refractivity contribution >= 4 is 40.7 Å². The van der Waals surface area contributed by atoms with Crippen LogP contribution in [-0.2, 0) is 4.79 Å². The van der Waals surface area contributed by atoms with Crippen LogP contribution < -0.4 is 15.4 Å². The Hall–Kier alpha value is -3.81. The zero-order valence-corrected chi connectivity index (χ0v) is 20.4. The van der Waals surface area contributed by atoms with E-state index in [4.69, 9.17) is 38.0 Å². The summed E-state index contributed by atoms with van der Waals surface area (Å²) >= 11 is 12.5. The summed E-state index contributed by atoms with van der Waals surface area (Å²) < 4.78 is 6.95. The van der Waals surface area contributed by atoms with Crippen molar-refractivity contribution in [3.63, 3.8) is 0 Å². The molecule has 0 fully saturated rings. The lowest BCUT2D eigenvalue weighted by atomic mass is 9.95. The number of benzene rings is 3. The minimum absolute atomic E-state index is 0.260. The second-order valence-corrected chi connectivity index (χ2v) is 8.81. The molecule has 0 aliphatic carbocycles. The Bertz CT molecular complexity index is 1430. The van der Waals surface area contributed by atoms with Crippen LogP contribution in [0.25, 0.3) is 11.4 Å². The Morgan fingerprint density at radius 2 is 1.77 bits per heavy atom. The Kier molecular flexibility index (Phi) is 6.19. The topological polar surface area (TPSA) is 81.1 Å². The fourth-order valence-electron chi connectivity index (χ4n) is 4.02. The number of halogens is 2. The highest BCUT2D eigenvalue weighted by molar-refractivity contribution is 6.42. The van der Waals surface area contributed by atoms with Crippen molar-refractivity contribution in [3.05, 3.63) is 99.7 Å². The average molecular weight is 506 g/mol. The van der Waals surface area contributed by atoms with Gasteiger partial charge in [-0.2, -0.15) is 4.98 Å². The number of carbonyl (C=O) groups excluding carboxylic acids is 1. The number of rotatable bonds is 5. The van der Waals surface area contributed by atoms with Gasteiger partial charge in [-0.1, -0.05) is 47.5 Å². The minimum atomic E-state index is -0.579. The van der Waals surface area contributed by atoms with Gasteiger partial charge in [0.25, 0.3) is 5.91 Å². The molecule has 0 spiro atoms. The van der Waals surface area contributed by atoms with Crippen LogP contribution >= 0.6 is 23.2 Å². The molecule has 0 bridgehead atoms. The van der Waals surface area contributed by atoms with Crippen molar-refractivity contribution in [1.29, 1.82) is 0 Å². The highest BCUT2D eigenvalue weighted by Crippen LogP contribution is 2.38. The number of nitrogens with one attached hydrogen (secondary N) is 2. The molecule has 1 unspecified atom stereocenters. The molecule has 0 saturated carbocycles. The van der Waals surface area contributed by atoms with Gasteiger partial charge in [-0.3, -0.25) is 4.79 Å². The van der Waals surface area contributed by atoms with Gasteiger partial charge in [0, 0.05) is 16.9 Å². The number of fused-ring (bicyclic) bond motifs is 1. The third kappa shape index (κ3) is 4.48. The number of para-hydroxylation sites is 1. The third-order valence-electron chi connectivity index (χ3n) is 5.74. The van der Waals surface area contributed by atoms with E-state index >= 15 is 0 Å². The number of allylic oxidation sites excluding steroid dienone is 1. The number of ether oxygens (including phenoxy) is 1. The highest BCUT2D eigenvalue weighted by atomic mass is 35.5. The van der Waals surface area contributed by atoms with Crippen LogP contribution in [0.2, 0.25) is 10.0 Å². The van der Waals surface area contributed by atoms with Crippen LogP contribution in [0.3, 0.4) is 0 Å². The minimum Gasteiger partial charge on any atom is -0.497 e. The molecule has 1 atom stereocenters. The monoisotopic (exact) mass is 505 g/mol.